The number of anilines is 1. The molecule has 5 heteroatoms. The summed E-state index contributed by atoms with van der Waals surface area (Å²) in [5.74, 6) is 0.103. The third kappa shape index (κ3) is 2.93. The Balaban J connectivity index is 2.33. The summed E-state index contributed by atoms with van der Waals surface area (Å²) in [5.41, 5.74) is 13.4. The summed E-state index contributed by atoms with van der Waals surface area (Å²) in [5, 5.41) is 4.46. The Hall–Kier alpha value is -2.30. The fourth-order valence-corrected chi connectivity index (χ4v) is 1.92. The molecule has 0 saturated carbocycles. The molecular weight excluding hydrogens is 240 g/mol. The van der Waals surface area contributed by atoms with Gasteiger partial charge in [-0.15, -0.1) is 0 Å². The molecule has 1 aromatic carbocycles. The number of amides is 1. The number of unbranched alkanes of at least 4 members (excludes halogenated alkanes) is 1. The lowest BCUT2D eigenvalue weighted by Gasteiger charge is -2.05. The quantitative estimate of drug-likeness (QED) is 0.858. The van der Waals surface area contributed by atoms with Crippen LogP contribution >= 0.6 is 0 Å². The van der Waals surface area contributed by atoms with Crippen molar-refractivity contribution < 1.29 is 4.79 Å². The summed E-state index contributed by atoms with van der Waals surface area (Å²) < 4.78 is 1.64. The Morgan fingerprint density at radius 3 is 2.84 bits per heavy atom. The molecule has 0 bridgehead atoms. The molecule has 0 aliphatic heterocycles. The molecule has 0 radical (unpaired) electrons. The number of carbonyl (C=O) groups excluding carboxylic acids is 1. The highest BCUT2D eigenvalue weighted by Crippen LogP contribution is 2.17. The van der Waals surface area contributed by atoms with Crippen LogP contribution in [0.5, 0.6) is 0 Å². The van der Waals surface area contributed by atoms with E-state index in [-0.39, 0.29) is 0 Å². The van der Waals surface area contributed by atoms with E-state index in [0.29, 0.717) is 11.4 Å². The second-order valence-electron chi connectivity index (χ2n) is 4.49. The van der Waals surface area contributed by atoms with Gasteiger partial charge in [0.25, 0.3) is 0 Å². The van der Waals surface area contributed by atoms with E-state index in [1.165, 1.54) is 0 Å². The average Bonchev–Trinajstić information content (AvgIpc) is 2.77. The van der Waals surface area contributed by atoms with Gasteiger partial charge in [-0.2, -0.15) is 5.10 Å². The van der Waals surface area contributed by atoms with E-state index in [1.54, 1.807) is 22.9 Å². The molecule has 0 aliphatic carbocycles. The molecule has 0 unspecified atom stereocenters. The number of primary amides is 1. The van der Waals surface area contributed by atoms with Gasteiger partial charge in [0.15, 0.2) is 0 Å². The van der Waals surface area contributed by atoms with Crippen LogP contribution in [0.2, 0.25) is 0 Å². The van der Waals surface area contributed by atoms with Gasteiger partial charge in [0.05, 0.1) is 11.4 Å². The van der Waals surface area contributed by atoms with Crippen molar-refractivity contribution in [3.8, 4) is 5.69 Å². The van der Waals surface area contributed by atoms with Gasteiger partial charge in [0.1, 0.15) is 5.82 Å². The topological polar surface area (TPSA) is 86.9 Å². The summed E-state index contributed by atoms with van der Waals surface area (Å²) >= 11 is 0. The normalized spacial score (nSPS) is 10.6. The first kappa shape index (κ1) is 13.1. The first-order valence-electron chi connectivity index (χ1n) is 6.36. The van der Waals surface area contributed by atoms with Crippen molar-refractivity contribution in [2.45, 2.75) is 26.2 Å². The Labute approximate surface area is 112 Å². The van der Waals surface area contributed by atoms with Crippen LogP contribution in [0.1, 0.15) is 35.8 Å². The van der Waals surface area contributed by atoms with Crippen molar-refractivity contribution in [2.75, 3.05) is 5.73 Å². The van der Waals surface area contributed by atoms with Crippen molar-refractivity contribution in [3.05, 3.63) is 41.6 Å². The molecular formula is C14H18N4O. The number of aromatic nitrogens is 2. The maximum atomic E-state index is 11.2. The second-order valence-corrected chi connectivity index (χ2v) is 4.49. The van der Waals surface area contributed by atoms with E-state index in [9.17, 15) is 4.79 Å². The second kappa shape index (κ2) is 5.56. The summed E-state index contributed by atoms with van der Waals surface area (Å²) in [6.45, 7) is 2.14. The number of hydrogen-bond acceptors (Lipinski definition) is 3. The zero-order chi connectivity index (χ0) is 13.8. The lowest BCUT2D eigenvalue weighted by Crippen LogP contribution is -2.12. The molecule has 4 N–H and O–H groups in total. The Kier molecular flexibility index (Phi) is 3.85. The molecule has 0 fully saturated rings. The van der Waals surface area contributed by atoms with Crippen LogP contribution in [0.3, 0.4) is 0 Å². The van der Waals surface area contributed by atoms with Crippen molar-refractivity contribution in [2.24, 2.45) is 5.73 Å². The molecule has 0 atom stereocenters. The Morgan fingerprint density at radius 1 is 1.37 bits per heavy atom. The zero-order valence-electron chi connectivity index (χ0n) is 11.0. The third-order valence-electron chi connectivity index (χ3n) is 2.95. The van der Waals surface area contributed by atoms with Crippen LogP contribution in [-0.2, 0) is 6.42 Å². The van der Waals surface area contributed by atoms with Crippen molar-refractivity contribution in [1.29, 1.82) is 0 Å². The SMILES string of the molecule is CCCCc1cc(N)n(-c2cccc(C(N)=O)c2)n1. The van der Waals surface area contributed by atoms with Crippen LogP contribution in [0.25, 0.3) is 5.69 Å². The fraction of sp³-hybridized carbons (Fsp3) is 0.286. The summed E-state index contributed by atoms with van der Waals surface area (Å²) in [6, 6.07) is 8.84. The number of aryl methyl sites for hydroxylation is 1. The molecule has 0 aliphatic rings. The Bertz CT molecular complexity index is 589. The van der Waals surface area contributed by atoms with Crippen LogP contribution in [-0.4, -0.2) is 15.7 Å². The predicted molar refractivity (Wildman–Crippen MR) is 75.1 cm³/mol. The summed E-state index contributed by atoms with van der Waals surface area (Å²) in [4.78, 5) is 11.2. The van der Waals surface area contributed by atoms with Crippen LogP contribution in [0.4, 0.5) is 5.82 Å². The van der Waals surface area contributed by atoms with Crippen LogP contribution in [0, 0.1) is 0 Å². The van der Waals surface area contributed by atoms with E-state index in [0.717, 1.165) is 30.6 Å². The molecule has 0 saturated heterocycles. The van der Waals surface area contributed by atoms with Gasteiger partial charge in [-0.1, -0.05) is 19.4 Å². The van der Waals surface area contributed by atoms with Gasteiger partial charge in [-0.05, 0) is 31.0 Å². The smallest absolute Gasteiger partial charge is 0.248 e. The highest BCUT2D eigenvalue weighted by Gasteiger charge is 2.08. The molecule has 100 valence electrons. The fourth-order valence-electron chi connectivity index (χ4n) is 1.92. The van der Waals surface area contributed by atoms with Crippen molar-refractivity contribution in [1.82, 2.24) is 9.78 Å². The number of nitrogens with two attached hydrogens (primary N) is 2. The van der Waals surface area contributed by atoms with Gasteiger partial charge in [0.2, 0.25) is 5.91 Å². The lowest BCUT2D eigenvalue weighted by atomic mass is 10.2. The largest absolute Gasteiger partial charge is 0.384 e. The summed E-state index contributed by atoms with van der Waals surface area (Å²) in [6.07, 6.45) is 3.10. The molecule has 2 rings (SSSR count). The predicted octanol–water partition coefficient (Wildman–Crippen LogP) is 1.90. The number of nitrogens with zero attached hydrogens (tertiary/aromatic N) is 2. The van der Waals surface area contributed by atoms with E-state index in [2.05, 4.69) is 12.0 Å². The maximum absolute atomic E-state index is 11.2. The molecule has 1 heterocycles. The minimum atomic E-state index is -0.459. The number of benzene rings is 1. The standard InChI is InChI=1S/C14H18N4O/c1-2-3-6-11-9-13(15)18(17-11)12-7-4-5-10(8-12)14(16)19/h4-5,7-9H,2-3,6,15H2,1H3,(H2,16,19). The van der Waals surface area contributed by atoms with Crippen molar-refractivity contribution in [3.63, 3.8) is 0 Å². The number of nitrogen functional groups attached to an aromatic ring is 1. The first-order chi connectivity index (χ1) is 9.11. The van der Waals surface area contributed by atoms with Gasteiger partial charge in [-0.25, -0.2) is 4.68 Å². The highest BCUT2D eigenvalue weighted by molar-refractivity contribution is 5.93. The molecule has 19 heavy (non-hydrogen) atoms. The first-order valence-corrected chi connectivity index (χ1v) is 6.36. The van der Waals surface area contributed by atoms with Gasteiger partial charge in [-0.3, -0.25) is 4.79 Å². The average molecular weight is 258 g/mol. The Morgan fingerprint density at radius 2 is 2.16 bits per heavy atom. The van der Waals surface area contributed by atoms with E-state index in [4.69, 9.17) is 11.5 Å². The molecule has 1 aromatic heterocycles. The van der Waals surface area contributed by atoms with Gasteiger partial charge >= 0.3 is 0 Å². The van der Waals surface area contributed by atoms with Crippen LogP contribution in [0.15, 0.2) is 30.3 Å². The minimum Gasteiger partial charge on any atom is -0.384 e. The monoisotopic (exact) mass is 258 g/mol. The summed E-state index contributed by atoms with van der Waals surface area (Å²) in [7, 11) is 0. The lowest BCUT2D eigenvalue weighted by molar-refractivity contribution is 0.100. The van der Waals surface area contributed by atoms with Crippen molar-refractivity contribution >= 4 is 11.7 Å². The maximum Gasteiger partial charge on any atom is 0.248 e. The van der Waals surface area contributed by atoms with E-state index in [1.807, 2.05) is 12.1 Å². The number of rotatable bonds is 5. The molecule has 5 nitrogen and oxygen atoms in total. The molecule has 2 aromatic rings. The van der Waals surface area contributed by atoms with E-state index < -0.39 is 5.91 Å². The van der Waals surface area contributed by atoms with Crippen LogP contribution < -0.4 is 11.5 Å². The van der Waals surface area contributed by atoms with E-state index >= 15 is 0 Å². The third-order valence-corrected chi connectivity index (χ3v) is 2.95. The van der Waals surface area contributed by atoms with Gasteiger partial charge < -0.3 is 11.5 Å². The van der Waals surface area contributed by atoms with Gasteiger partial charge in [0, 0.05) is 11.6 Å². The highest BCUT2D eigenvalue weighted by atomic mass is 16.1. The minimum absolute atomic E-state index is 0.447. The molecule has 0 spiro atoms. The zero-order valence-corrected chi connectivity index (χ0v) is 11.0. The number of hydrogen-bond donors (Lipinski definition) is 2. The number of carbonyl (C=O) groups is 1. The molecule has 1 amide bonds.